The van der Waals surface area contributed by atoms with E-state index in [1.165, 1.54) is 22.3 Å². The molecule has 2 aliphatic rings. The zero-order valence-corrected chi connectivity index (χ0v) is 32.9. The smallest absolute Gasteiger partial charge is 0.164 e. The lowest BCUT2D eigenvalue weighted by Crippen LogP contribution is -2.32. The van der Waals surface area contributed by atoms with Crippen LogP contribution in [0.3, 0.4) is 0 Å². The summed E-state index contributed by atoms with van der Waals surface area (Å²) in [5.41, 5.74) is 17.1. The molecule has 1 aliphatic carbocycles. The van der Waals surface area contributed by atoms with Crippen molar-refractivity contribution in [1.29, 1.82) is 0 Å². The van der Waals surface area contributed by atoms with E-state index in [4.69, 9.17) is 19.7 Å². The quantitative estimate of drug-likeness (QED) is 0.175. The molecule has 0 amide bonds. The van der Waals surface area contributed by atoms with Crippen LogP contribution in [0.15, 0.2) is 176 Å². The summed E-state index contributed by atoms with van der Waals surface area (Å²) in [5, 5.41) is 0. The molecule has 1 aliphatic heterocycles. The highest BCUT2D eigenvalue weighted by Crippen LogP contribution is 2.62. The van der Waals surface area contributed by atoms with E-state index in [0.29, 0.717) is 17.5 Å². The van der Waals surface area contributed by atoms with E-state index >= 15 is 0 Å². The van der Waals surface area contributed by atoms with Gasteiger partial charge in [-0.1, -0.05) is 133 Å². The predicted molar refractivity (Wildman–Crippen MR) is 236 cm³/mol. The van der Waals surface area contributed by atoms with Crippen molar-refractivity contribution in [2.24, 2.45) is 0 Å². The second kappa shape index (κ2) is 13.6. The number of fused-ring (bicyclic) bond motifs is 9. The molecule has 7 aromatic carbocycles. The van der Waals surface area contributed by atoms with Gasteiger partial charge < -0.3 is 4.74 Å². The maximum Gasteiger partial charge on any atom is 0.164 e. The number of ether oxygens (including phenoxy) is 1. The first kappa shape index (κ1) is 34.7. The summed E-state index contributed by atoms with van der Waals surface area (Å²) < 4.78 is 6.80. The van der Waals surface area contributed by atoms with Crippen molar-refractivity contribution in [1.82, 2.24) is 19.9 Å². The molecular weight excluding hydrogens is 721 g/mol. The molecule has 0 radical (unpaired) electrons. The number of hydrogen-bond donors (Lipinski definition) is 0. The fourth-order valence-corrected chi connectivity index (χ4v) is 9.24. The number of rotatable bonds is 5. The Balaban J connectivity index is 1.14. The molecule has 0 saturated heterocycles. The summed E-state index contributed by atoms with van der Waals surface area (Å²) in [6.07, 6.45) is 3.85. The fourth-order valence-electron chi connectivity index (χ4n) is 9.24. The van der Waals surface area contributed by atoms with Crippen molar-refractivity contribution in [3.05, 3.63) is 215 Å². The van der Waals surface area contributed by atoms with Crippen molar-refractivity contribution in [2.45, 2.75) is 26.2 Å². The lowest BCUT2D eigenvalue weighted by molar-refractivity contribution is 0.436. The molecule has 1 atom stereocenters. The summed E-state index contributed by atoms with van der Waals surface area (Å²) in [5.74, 6) is 3.64. The summed E-state index contributed by atoms with van der Waals surface area (Å²) in [7, 11) is 0. The van der Waals surface area contributed by atoms with Gasteiger partial charge in [-0.05, 0) is 107 Å². The highest BCUT2D eigenvalue weighted by Gasteiger charge is 2.51. The highest BCUT2D eigenvalue weighted by molar-refractivity contribution is 5.92. The minimum Gasteiger partial charge on any atom is -0.457 e. The van der Waals surface area contributed by atoms with E-state index < -0.39 is 5.41 Å². The minimum absolute atomic E-state index is 0.633. The van der Waals surface area contributed by atoms with Crippen LogP contribution in [0.4, 0.5) is 0 Å². The number of pyridine rings is 1. The van der Waals surface area contributed by atoms with Crippen LogP contribution in [0.5, 0.6) is 11.5 Å². The van der Waals surface area contributed by atoms with Gasteiger partial charge in [0.25, 0.3) is 0 Å². The van der Waals surface area contributed by atoms with Gasteiger partial charge in [-0.2, -0.15) is 0 Å². The van der Waals surface area contributed by atoms with Crippen LogP contribution in [-0.4, -0.2) is 19.9 Å². The molecule has 0 saturated carbocycles. The van der Waals surface area contributed by atoms with E-state index in [-0.39, 0.29) is 0 Å². The summed E-state index contributed by atoms with van der Waals surface area (Å²) >= 11 is 0. The summed E-state index contributed by atoms with van der Waals surface area (Å²) in [6.45, 7) is 6.35. The maximum atomic E-state index is 6.80. The molecule has 59 heavy (non-hydrogen) atoms. The number of aryl methyl sites for hydroxylation is 2. The highest BCUT2D eigenvalue weighted by atomic mass is 16.5. The molecular formula is C54H38N4O. The summed E-state index contributed by atoms with van der Waals surface area (Å²) in [6, 6.07) is 58.0. The predicted octanol–water partition coefficient (Wildman–Crippen LogP) is 13.0. The van der Waals surface area contributed by atoms with Crippen molar-refractivity contribution in [2.75, 3.05) is 0 Å². The van der Waals surface area contributed by atoms with E-state index in [1.807, 2.05) is 30.6 Å². The first-order valence-electron chi connectivity index (χ1n) is 20.0. The van der Waals surface area contributed by atoms with E-state index in [1.54, 1.807) is 0 Å². The van der Waals surface area contributed by atoms with Crippen LogP contribution in [0, 0.1) is 20.8 Å². The molecule has 0 N–H and O–H groups in total. The Morgan fingerprint density at radius 2 is 1.02 bits per heavy atom. The zero-order valence-electron chi connectivity index (χ0n) is 32.9. The number of aromatic nitrogens is 4. The molecule has 1 spiro atoms. The van der Waals surface area contributed by atoms with Crippen LogP contribution in [0.1, 0.15) is 38.9 Å². The minimum atomic E-state index is -0.650. The van der Waals surface area contributed by atoms with Crippen LogP contribution >= 0.6 is 0 Å². The number of para-hydroxylation sites is 1. The molecule has 1 unspecified atom stereocenters. The molecule has 2 aromatic heterocycles. The van der Waals surface area contributed by atoms with Gasteiger partial charge in [-0.15, -0.1) is 0 Å². The van der Waals surface area contributed by atoms with Gasteiger partial charge in [-0.25, -0.2) is 15.0 Å². The molecule has 5 nitrogen and oxygen atoms in total. The Morgan fingerprint density at radius 3 is 1.83 bits per heavy atom. The molecule has 11 rings (SSSR count). The molecule has 9 aromatic rings. The van der Waals surface area contributed by atoms with Crippen molar-refractivity contribution < 1.29 is 4.74 Å². The second-order valence-electron chi connectivity index (χ2n) is 15.6. The Kier molecular flexibility index (Phi) is 7.99. The molecule has 3 heterocycles. The van der Waals surface area contributed by atoms with Gasteiger partial charge in [-0.3, -0.25) is 4.98 Å². The number of hydrogen-bond acceptors (Lipinski definition) is 5. The van der Waals surface area contributed by atoms with Gasteiger partial charge in [0.05, 0.1) is 5.41 Å². The number of nitrogens with zero attached hydrogens (tertiary/aromatic N) is 4. The van der Waals surface area contributed by atoms with Gasteiger partial charge in [0, 0.05) is 45.8 Å². The molecule has 280 valence electrons. The van der Waals surface area contributed by atoms with Gasteiger partial charge in [0.2, 0.25) is 0 Å². The third-order valence-electron chi connectivity index (χ3n) is 12.1. The number of benzene rings is 7. The van der Waals surface area contributed by atoms with Crippen molar-refractivity contribution in [3.8, 4) is 79.0 Å². The Hall–Kier alpha value is -7.50. The third-order valence-corrected chi connectivity index (χ3v) is 12.1. The van der Waals surface area contributed by atoms with Gasteiger partial charge >= 0.3 is 0 Å². The zero-order chi connectivity index (χ0) is 39.7. The van der Waals surface area contributed by atoms with Crippen molar-refractivity contribution in [3.63, 3.8) is 0 Å². The van der Waals surface area contributed by atoms with Crippen LogP contribution in [-0.2, 0) is 5.41 Å². The van der Waals surface area contributed by atoms with E-state index in [9.17, 15) is 0 Å². The Morgan fingerprint density at radius 1 is 0.390 bits per heavy atom. The maximum absolute atomic E-state index is 6.80. The lowest BCUT2D eigenvalue weighted by Gasteiger charge is -2.39. The van der Waals surface area contributed by atoms with Gasteiger partial charge in [0.15, 0.2) is 17.5 Å². The fraction of sp³-hybridized carbons (Fsp3) is 0.0741. The van der Waals surface area contributed by atoms with Crippen molar-refractivity contribution >= 4 is 0 Å². The molecule has 0 bridgehead atoms. The first-order valence-corrected chi connectivity index (χ1v) is 20.0. The van der Waals surface area contributed by atoms with E-state index in [2.05, 4.69) is 171 Å². The summed E-state index contributed by atoms with van der Waals surface area (Å²) in [4.78, 5) is 19.9. The standard InChI is InChI=1S/C54H38N4O/c1-33-28-39(32-55-31-33)42-18-8-7-17-41(42)37-25-27-50-48(30-37)54(47-22-11-12-23-49(47)59-50)45-21-10-9-19-43(45)44-29-38(24-26-46(44)54)52-56-51(36-15-5-4-6-16-36)57-53(58-52)40-20-13-14-34(2)35(40)3/h4-32H,1-3H3. The van der Waals surface area contributed by atoms with E-state index in [0.717, 1.165) is 78.3 Å². The average molecular weight is 759 g/mol. The largest absolute Gasteiger partial charge is 0.457 e. The lowest BCUT2D eigenvalue weighted by atomic mass is 9.65. The Bertz CT molecular complexity index is 3140. The Labute approximate surface area is 343 Å². The van der Waals surface area contributed by atoms with Crippen LogP contribution in [0.2, 0.25) is 0 Å². The molecule has 5 heteroatoms. The third kappa shape index (κ3) is 5.46. The van der Waals surface area contributed by atoms with Gasteiger partial charge in [0.1, 0.15) is 11.5 Å². The first-order chi connectivity index (χ1) is 29.0. The topological polar surface area (TPSA) is 60.8 Å². The van der Waals surface area contributed by atoms with Crippen LogP contribution < -0.4 is 4.74 Å². The van der Waals surface area contributed by atoms with Crippen LogP contribution in [0.25, 0.3) is 67.5 Å². The molecule has 0 fully saturated rings. The SMILES string of the molecule is Cc1cncc(-c2ccccc2-c2ccc3c(c2)C2(c4ccccc4O3)c3ccccc3-c3cc(-c4nc(-c5ccccc5)nc(-c5cccc(C)c5C)n4)ccc32)c1. The monoisotopic (exact) mass is 758 g/mol. The normalized spacial score (nSPS) is 14.6. The second-order valence-corrected chi connectivity index (χ2v) is 15.6. The average Bonchev–Trinajstić information content (AvgIpc) is 3.57.